The molecule has 0 aliphatic rings. The zero-order valence-electron chi connectivity index (χ0n) is 7.52. The molecule has 0 fully saturated rings. The minimum absolute atomic E-state index is 0. The van der Waals surface area contributed by atoms with Gasteiger partial charge in [-0.25, -0.2) is 0 Å². The first-order valence-corrected chi connectivity index (χ1v) is 10.8. The largest absolute Gasteiger partial charge is 1.00 e. The average Bonchev–Trinajstić information content (AvgIpc) is 1.76. The molecule has 10 heteroatoms. The van der Waals surface area contributed by atoms with Gasteiger partial charge in [0.1, 0.15) is 0 Å². The molecule has 0 aromatic heterocycles. The molecule has 14 heavy (non-hydrogen) atoms. The van der Waals surface area contributed by atoms with E-state index in [0.717, 1.165) is 29.9 Å². The SMILES string of the molecule is C[Se]CC[Se]C.F[P-](F)(F)(F)(F)F.[Tl+]. The van der Waals surface area contributed by atoms with Crippen LogP contribution in [0.5, 0.6) is 0 Å². The van der Waals surface area contributed by atoms with Crippen molar-refractivity contribution in [3.05, 3.63) is 0 Å². The van der Waals surface area contributed by atoms with Crippen LogP contribution in [0.25, 0.3) is 0 Å². The summed E-state index contributed by atoms with van der Waals surface area (Å²) in [5, 5.41) is 3.01. The number of halogens is 6. The van der Waals surface area contributed by atoms with Gasteiger partial charge in [-0.05, 0) is 0 Å². The number of hydrogen-bond acceptors (Lipinski definition) is 0. The smallest absolute Gasteiger partial charge is 1.00 e. The van der Waals surface area contributed by atoms with E-state index in [9.17, 15) is 25.2 Å². The van der Waals surface area contributed by atoms with Crippen LogP contribution in [0.2, 0.25) is 22.3 Å². The summed E-state index contributed by atoms with van der Waals surface area (Å²) in [5.41, 5.74) is 0. The third kappa shape index (κ3) is 95.1. The van der Waals surface area contributed by atoms with Crippen molar-refractivity contribution in [2.45, 2.75) is 22.3 Å². The molecule has 0 bridgehead atoms. The fourth-order valence-electron chi connectivity index (χ4n) is 0.167. The average molecular weight is 565 g/mol. The van der Waals surface area contributed by atoms with Gasteiger partial charge in [-0.2, -0.15) is 0 Å². The van der Waals surface area contributed by atoms with E-state index in [0.29, 0.717) is 0 Å². The Bertz CT molecular complexity index is 127. The molecule has 0 heterocycles. The number of hydrogen-bond donors (Lipinski definition) is 0. The van der Waals surface area contributed by atoms with Gasteiger partial charge in [0.2, 0.25) is 0 Å². The van der Waals surface area contributed by atoms with Crippen LogP contribution in [0.3, 0.4) is 0 Å². The van der Waals surface area contributed by atoms with Gasteiger partial charge in [0.05, 0.1) is 0 Å². The van der Waals surface area contributed by atoms with E-state index >= 15 is 0 Å². The van der Waals surface area contributed by atoms with Crippen LogP contribution in [0.1, 0.15) is 0 Å². The predicted molar refractivity (Wildman–Crippen MR) is 52.2 cm³/mol. The van der Waals surface area contributed by atoms with Crippen molar-refractivity contribution in [3.63, 3.8) is 0 Å². The van der Waals surface area contributed by atoms with Crippen LogP contribution < -0.4 is 0 Å². The Morgan fingerprint density at radius 3 is 1.00 bits per heavy atom. The Labute approximate surface area is 112 Å². The summed E-state index contributed by atoms with van der Waals surface area (Å²) in [6.45, 7) is 0. The summed E-state index contributed by atoms with van der Waals surface area (Å²) in [4.78, 5) is 0. The Hall–Kier alpha value is 1.97. The van der Waals surface area contributed by atoms with Crippen LogP contribution in [0, 0.1) is 0 Å². The molecule has 0 aromatic rings. The molecule has 0 saturated heterocycles. The normalized spacial score (nSPS) is 15.4. The summed E-state index contributed by atoms with van der Waals surface area (Å²) in [7, 11) is -10.7. The van der Waals surface area contributed by atoms with E-state index in [1.54, 1.807) is 0 Å². The fourth-order valence-corrected chi connectivity index (χ4v) is 4.50. The van der Waals surface area contributed by atoms with Gasteiger partial charge < -0.3 is 0 Å². The molecule has 0 rings (SSSR count). The van der Waals surface area contributed by atoms with Crippen LogP contribution >= 0.6 is 7.81 Å². The molecule has 0 amide bonds. The minimum atomic E-state index is -10.7. The first-order valence-electron chi connectivity index (χ1n) is 2.91. The summed E-state index contributed by atoms with van der Waals surface area (Å²) in [5.74, 6) is 4.61. The predicted octanol–water partition coefficient (Wildman–Crippen LogP) is 4.33. The van der Waals surface area contributed by atoms with E-state index < -0.39 is 7.81 Å². The van der Waals surface area contributed by atoms with Gasteiger partial charge in [-0.15, -0.1) is 0 Å². The van der Waals surface area contributed by atoms with E-state index in [2.05, 4.69) is 11.6 Å². The second kappa shape index (κ2) is 6.64. The Balaban J connectivity index is -0.000000163. The first kappa shape index (κ1) is 21.3. The van der Waals surface area contributed by atoms with Crippen molar-refractivity contribution in [3.8, 4) is 0 Å². The molecule has 0 saturated carbocycles. The van der Waals surface area contributed by atoms with E-state index in [-0.39, 0.29) is 27.3 Å². The summed E-state index contributed by atoms with van der Waals surface area (Å²) < 4.78 is 59.2. The summed E-state index contributed by atoms with van der Waals surface area (Å²) >= 11 is 1.88. The maximum absolute atomic E-state index is 10.7. The van der Waals surface area contributed by atoms with Gasteiger partial charge in [0.25, 0.3) is 0 Å². The summed E-state index contributed by atoms with van der Waals surface area (Å²) in [6.07, 6.45) is 0. The molecule has 0 aliphatic heterocycles. The van der Waals surface area contributed by atoms with Crippen LogP contribution in [-0.2, 0) is 0 Å². The van der Waals surface area contributed by atoms with Crippen molar-refractivity contribution in [2.24, 2.45) is 0 Å². The summed E-state index contributed by atoms with van der Waals surface area (Å²) in [6, 6.07) is 0. The Morgan fingerprint density at radius 1 is 0.786 bits per heavy atom. The second-order valence-electron chi connectivity index (χ2n) is 1.94. The molecule has 0 aliphatic carbocycles. The van der Waals surface area contributed by atoms with Crippen molar-refractivity contribution >= 4 is 65.0 Å². The van der Waals surface area contributed by atoms with Gasteiger partial charge >= 0.3 is 112 Å². The maximum atomic E-state index is 9.87. The maximum Gasteiger partial charge on any atom is 1.00 e. The monoisotopic (exact) mass is 568 g/mol. The van der Waals surface area contributed by atoms with Crippen molar-refractivity contribution in [1.29, 1.82) is 0 Å². The van der Waals surface area contributed by atoms with E-state index in [1.165, 1.54) is 10.6 Å². The van der Waals surface area contributed by atoms with Crippen molar-refractivity contribution in [1.82, 2.24) is 0 Å². The molecule has 0 radical (unpaired) electrons. The molecule has 0 nitrogen and oxygen atoms in total. The van der Waals surface area contributed by atoms with Gasteiger partial charge in [-0.1, -0.05) is 0 Å². The number of rotatable bonds is 3. The molecule has 0 atom stereocenters. The third-order valence-electron chi connectivity index (χ3n) is 0.492. The molecule has 0 N–H and O–H groups in total. The van der Waals surface area contributed by atoms with Gasteiger partial charge in [0.15, 0.2) is 0 Å². The fraction of sp³-hybridized carbons (Fsp3) is 1.00. The molecule has 0 unspecified atom stereocenters. The molecule has 0 aromatic carbocycles. The van der Waals surface area contributed by atoms with Gasteiger partial charge in [-0.3, -0.25) is 0 Å². The molecular weight excluding hydrogens is 555 g/mol. The topological polar surface area (TPSA) is 0 Å². The van der Waals surface area contributed by atoms with Crippen molar-refractivity contribution in [2.75, 3.05) is 0 Å². The third-order valence-corrected chi connectivity index (χ3v) is 4.37. The second-order valence-corrected chi connectivity index (χ2v) is 8.00. The van der Waals surface area contributed by atoms with E-state index in [1.807, 2.05) is 0 Å². The standard InChI is InChI=1S/C4H10Se2.F6P.Tl/c1-5-3-4-6-2;1-7(2,3,4,5)6;/h3-4H2,1-2H3;;/q;-1;+1. The Morgan fingerprint density at radius 2 is 0.929 bits per heavy atom. The molecule has 0 spiro atoms. The van der Waals surface area contributed by atoms with E-state index in [4.69, 9.17) is 0 Å². The molecule has 88 valence electrons. The van der Waals surface area contributed by atoms with Crippen LogP contribution in [0.15, 0.2) is 0 Å². The first-order chi connectivity index (χ1) is 5.36. The quantitative estimate of drug-likeness (QED) is 0.207. The van der Waals surface area contributed by atoms with Crippen LogP contribution in [0.4, 0.5) is 25.2 Å². The Kier molecular flexibility index (Phi) is 10.1. The van der Waals surface area contributed by atoms with Crippen LogP contribution in [-0.4, -0.2) is 57.2 Å². The zero-order valence-corrected chi connectivity index (χ0v) is 16.3. The zero-order chi connectivity index (χ0) is 11.2. The van der Waals surface area contributed by atoms with Gasteiger partial charge in [0, 0.05) is 0 Å². The minimum Gasteiger partial charge on any atom is 1.00 e. The molecular formula is C4H10F6PSe2Tl. The van der Waals surface area contributed by atoms with Crippen molar-refractivity contribution < 1.29 is 25.2 Å².